The molecule has 2 aliphatic carbocycles. The van der Waals surface area contributed by atoms with E-state index in [9.17, 15) is 24.3 Å². The Morgan fingerprint density at radius 1 is 0.958 bits per heavy atom. The molecule has 2 saturated carbocycles. The number of nitrogens with one attached hydrogen (secondary N) is 2. The van der Waals surface area contributed by atoms with Gasteiger partial charge in [-0.25, -0.2) is 4.98 Å². The third kappa shape index (κ3) is 9.59. The number of β-amino-alcohol motifs (C(OH)–C–C–N with tert-alkyl or cyclic N) is 1. The second-order valence-corrected chi connectivity index (χ2v) is 23.8. The van der Waals surface area contributed by atoms with Gasteiger partial charge in [0.25, 0.3) is 5.56 Å². The quantitative estimate of drug-likeness (QED) is 0.0974. The van der Waals surface area contributed by atoms with Crippen LogP contribution in [0.25, 0.3) is 38.2 Å². The second kappa shape index (κ2) is 19.8. The molecule has 4 fully saturated rings. The fourth-order valence-electron chi connectivity index (χ4n) is 11.8. The fourth-order valence-corrected chi connectivity index (χ4v) is 13.2. The van der Waals surface area contributed by atoms with Gasteiger partial charge < -0.3 is 30.1 Å². The number of benzene rings is 3. The molecule has 4 atom stereocenters. The van der Waals surface area contributed by atoms with E-state index >= 15 is 0 Å². The van der Waals surface area contributed by atoms with Crippen LogP contribution in [0.2, 0.25) is 0 Å². The number of piperidine rings is 1. The Labute approximate surface area is 428 Å². The van der Waals surface area contributed by atoms with E-state index in [1.807, 2.05) is 70.4 Å². The van der Waals surface area contributed by atoms with E-state index in [0.29, 0.717) is 23.8 Å². The normalized spacial score (nSPS) is 20.9. The minimum Gasteiger partial charge on any atom is -0.391 e. The standard InChI is InChI=1S/C55H68BrN9O5S/c1-33-47(71-32-57-33)36-18-16-35(17-19-36)41(58-49(67)45-30-39(66)31-63(45)51(69)48(54(2,3)4)59-52(70)55(24-25-55)61(5)6)14-10-26-62-27-22-34(23-28-62)37-20-21-42-44(29-37)64(38-11-7-8-12-38)53-60-50(68)46-40(56)13-9-15-43(46)65(42)53/h9,13,15-21,29,32,34,38-39,41,45,48,66H,7-8,10-12,14,22-28,30-31H2,1-6H3,(H,58,67)(H,59,70)/t39-,41+,45+,48-/m1/s1. The monoisotopic (exact) mass is 1050 g/mol. The molecule has 3 aromatic heterocycles. The van der Waals surface area contributed by atoms with E-state index < -0.39 is 29.1 Å². The summed E-state index contributed by atoms with van der Waals surface area (Å²) in [6.45, 7) is 10.6. The number of aromatic nitrogens is 4. The van der Waals surface area contributed by atoms with E-state index in [1.165, 1.54) is 23.3 Å². The summed E-state index contributed by atoms with van der Waals surface area (Å²) in [6.07, 6.45) is 8.79. The molecule has 3 amide bonds. The van der Waals surface area contributed by atoms with Crippen molar-refractivity contribution in [1.82, 2.24) is 44.3 Å². The van der Waals surface area contributed by atoms with Crippen molar-refractivity contribution < 1.29 is 19.5 Å². The van der Waals surface area contributed by atoms with Crippen molar-refractivity contribution in [3.8, 4) is 10.4 Å². The Morgan fingerprint density at radius 3 is 2.35 bits per heavy atom. The first kappa shape index (κ1) is 49.6. The van der Waals surface area contributed by atoms with Crippen LogP contribution in [0.1, 0.15) is 126 Å². The van der Waals surface area contributed by atoms with Crippen molar-refractivity contribution >= 4 is 72.7 Å². The van der Waals surface area contributed by atoms with E-state index in [-0.39, 0.29) is 42.3 Å². The highest BCUT2D eigenvalue weighted by atomic mass is 79.9. The highest BCUT2D eigenvalue weighted by Gasteiger charge is 2.54. The lowest BCUT2D eigenvalue weighted by Gasteiger charge is -2.37. The number of fused-ring (bicyclic) bond motifs is 5. The first-order valence-corrected chi connectivity index (χ1v) is 27.3. The van der Waals surface area contributed by atoms with Crippen LogP contribution in [0.4, 0.5) is 0 Å². The van der Waals surface area contributed by atoms with Gasteiger partial charge in [-0.1, -0.05) is 70.0 Å². The highest BCUT2D eigenvalue weighted by molar-refractivity contribution is 9.10. The molecule has 3 aromatic carbocycles. The number of halogens is 1. The van der Waals surface area contributed by atoms with Crippen LogP contribution in [0, 0.1) is 12.3 Å². The molecule has 10 rings (SSSR count). The van der Waals surface area contributed by atoms with Gasteiger partial charge in [-0.05, 0) is 160 Å². The van der Waals surface area contributed by atoms with E-state index in [0.717, 1.165) is 113 Å². The number of nitrogens with zero attached hydrogens (tertiary/aromatic N) is 7. The first-order chi connectivity index (χ1) is 34.0. The Bertz CT molecular complexity index is 3030. The molecule has 2 saturated heterocycles. The molecule has 16 heteroatoms. The first-order valence-electron chi connectivity index (χ1n) is 25.7. The van der Waals surface area contributed by atoms with Crippen LogP contribution in [0.15, 0.2) is 75.4 Å². The van der Waals surface area contributed by atoms with Gasteiger partial charge in [0.1, 0.15) is 12.1 Å². The number of aryl methyl sites for hydroxylation is 1. The summed E-state index contributed by atoms with van der Waals surface area (Å²) in [6, 6.07) is 19.4. The molecule has 376 valence electrons. The molecule has 6 aromatic rings. The summed E-state index contributed by atoms with van der Waals surface area (Å²) in [5.41, 5.74) is 7.82. The fraction of sp³-hybridized carbons (Fsp3) is 0.527. The SMILES string of the molecule is Cc1ncsc1-c1ccc([C@H](CCCN2CCC(c3ccc4c(c3)n(C3CCCC3)c3nc(=O)c5c(Br)cccc5n43)CC2)NC(=O)[C@@H]2C[C@@H](O)CN2C(=O)[C@@H](NC(=O)C2(N(C)C)CC2)C(C)(C)C)cc1. The third-order valence-electron chi connectivity index (χ3n) is 16.2. The molecule has 0 spiro atoms. The molecule has 0 unspecified atom stereocenters. The van der Waals surface area contributed by atoms with Crippen molar-refractivity contribution in [1.29, 1.82) is 0 Å². The summed E-state index contributed by atoms with van der Waals surface area (Å²) in [5.74, 6) is 0.287. The van der Waals surface area contributed by atoms with Gasteiger partial charge in [-0.3, -0.25) is 28.5 Å². The molecule has 14 nitrogen and oxygen atoms in total. The summed E-state index contributed by atoms with van der Waals surface area (Å²) >= 11 is 5.23. The van der Waals surface area contributed by atoms with Crippen LogP contribution in [-0.4, -0.2) is 120 Å². The molecule has 3 N–H and O–H groups in total. The van der Waals surface area contributed by atoms with Crippen molar-refractivity contribution in [3.05, 3.63) is 97.8 Å². The molecule has 2 aliphatic heterocycles. The number of aliphatic hydroxyl groups is 1. The lowest BCUT2D eigenvalue weighted by atomic mass is 9.85. The number of aliphatic hydroxyl groups excluding tert-OH is 1. The predicted octanol–water partition coefficient (Wildman–Crippen LogP) is 8.52. The number of carbonyl (C=O) groups excluding carboxylic acids is 3. The molecule has 71 heavy (non-hydrogen) atoms. The van der Waals surface area contributed by atoms with Crippen LogP contribution in [0.3, 0.4) is 0 Å². The van der Waals surface area contributed by atoms with Gasteiger partial charge in [0.15, 0.2) is 0 Å². The zero-order chi connectivity index (χ0) is 49.9. The van der Waals surface area contributed by atoms with Crippen LogP contribution < -0.4 is 16.2 Å². The van der Waals surface area contributed by atoms with E-state index in [4.69, 9.17) is 4.98 Å². The number of carbonyl (C=O) groups is 3. The predicted molar refractivity (Wildman–Crippen MR) is 284 cm³/mol. The van der Waals surface area contributed by atoms with Crippen LogP contribution >= 0.6 is 27.3 Å². The summed E-state index contributed by atoms with van der Waals surface area (Å²) < 4.78 is 5.29. The van der Waals surface area contributed by atoms with Crippen molar-refractivity contribution in [2.45, 2.75) is 140 Å². The maximum atomic E-state index is 14.5. The number of imidazole rings is 1. The average Bonchev–Trinajstić information content (AvgIpc) is 3.64. The van der Waals surface area contributed by atoms with Gasteiger partial charge >= 0.3 is 0 Å². The number of likely N-dealkylation sites (tertiary alicyclic amines) is 2. The Morgan fingerprint density at radius 2 is 1.69 bits per heavy atom. The number of hydrogen-bond donors (Lipinski definition) is 3. The van der Waals surface area contributed by atoms with Crippen LogP contribution in [0.5, 0.6) is 0 Å². The molecular formula is C55H68BrN9O5S. The second-order valence-electron chi connectivity index (χ2n) is 22.0. The molecule has 0 radical (unpaired) electrons. The largest absolute Gasteiger partial charge is 0.391 e. The van der Waals surface area contributed by atoms with Crippen LogP contribution in [-0.2, 0) is 14.4 Å². The molecule has 0 bridgehead atoms. The number of rotatable bonds is 14. The molecule has 4 aliphatic rings. The van der Waals surface area contributed by atoms with Gasteiger partial charge in [-0.15, -0.1) is 11.3 Å². The maximum absolute atomic E-state index is 14.5. The zero-order valence-corrected chi connectivity index (χ0v) is 44.3. The Kier molecular flexibility index (Phi) is 13.8. The van der Waals surface area contributed by atoms with Crippen molar-refractivity contribution in [2.24, 2.45) is 5.41 Å². The van der Waals surface area contributed by atoms with Crippen molar-refractivity contribution in [3.63, 3.8) is 0 Å². The van der Waals surface area contributed by atoms with Crippen molar-refractivity contribution in [2.75, 3.05) is 40.3 Å². The van der Waals surface area contributed by atoms with E-state index in [1.54, 1.807) is 11.3 Å². The maximum Gasteiger partial charge on any atom is 0.283 e. The summed E-state index contributed by atoms with van der Waals surface area (Å²) in [5, 5.41) is 18.0. The minimum atomic E-state index is -0.886. The Hall–Kier alpha value is -5.00. The topological polar surface area (TPSA) is 157 Å². The number of thiazole rings is 1. The smallest absolute Gasteiger partial charge is 0.283 e. The lowest BCUT2D eigenvalue weighted by molar-refractivity contribution is -0.145. The lowest BCUT2D eigenvalue weighted by Crippen LogP contribution is -2.60. The summed E-state index contributed by atoms with van der Waals surface area (Å²) in [4.78, 5) is 72.4. The number of likely N-dealkylation sites (N-methyl/N-ethyl adjacent to an activating group) is 1. The van der Waals surface area contributed by atoms with Gasteiger partial charge in [-0.2, -0.15) is 4.98 Å². The highest BCUT2D eigenvalue weighted by Crippen LogP contribution is 2.42. The third-order valence-corrected chi connectivity index (χ3v) is 17.8. The number of hydrogen-bond acceptors (Lipinski definition) is 10. The van der Waals surface area contributed by atoms with Gasteiger partial charge in [0, 0.05) is 23.5 Å². The Balaban J connectivity index is 0.839. The van der Waals surface area contributed by atoms with Gasteiger partial charge in [0.2, 0.25) is 23.5 Å². The number of amides is 3. The summed E-state index contributed by atoms with van der Waals surface area (Å²) in [7, 11) is 3.77. The average molecular weight is 1050 g/mol. The van der Waals surface area contributed by atoms with E-state index in [2.05, 4.69) is 87.9 Å². The molecule has 5 heterocycles. The zero-order valence-electron chi connectivity index (χ0n) is 41.9. The molecular weight excluding hydrogens is 979 g/mol. The van der Waals surface area contributed by atoms with Gasteiger partial charge in [0.05, 0.1) is 55.7 Å². The minimum absolute atomic E-state index is 0.0212.